The molecule has 3 aromatic carbocycles. The molecule has 1 aromatic heterocycles. The first-order valence-corrected chi connectivity index (χ1v) is 13.4. The van der Waals surface area contributed by atoms with Crippen molar-refractivity contribution in [3.8, 4) is 39.6 Å². The van der Waals surface area contributed by atoms with E-state index in [-0.39, 0.29) is 6.47 Å². The van der Waals surface area contributed by atoms with E-state index in [9.17, 15) is 0 Å². The van der Waals surface area contributed by atoms with E-state index >= 15 is 0 Å². The van der Waals surface area contributed by atoms with Gasteiger partial charge < -0.3 is 28.8 Å². The Kier molecular flexibility index (Phi) is 10.6. The second-order valence-electron chi connectivity index (χ2n) is 9.23. The molecule has 0 saturated carbocycles. The smallest absolute Gasteiger partial charge is 0.290 e. The molecule has 0 atom stereocenters. The van der Waals surface area contributed by atoms with Crippen LogP contribution in [-0.4, -0.2) is 51.6 Å². The summed E-state index contributed by atoms with van der Waals surface area (Å²) in [6, 6.07) is 23.7. The van der Waals surface area contributed by atoms with E-state index in [0.717, 1.165) is 36.6 Å². The first-order chi connectivity index (χ1) is 19.4. The number of benzene rings is 3. The molecule has 2 heterocycles. The highest BCUT2D eigenvalue weighted by atomic mass is 16.5. The number of ether oxygens (including phenoxy) is 3. The molecule has 1 N–H and O–H groups in total. The van der Waals surface area contributed by atoms with E-state index in [2.05, 4.69) is 78.2 Å². The summed E-state index contributed by atoms with van der Waals surface area (Å²) in [6.45, 7) is 4.68. The monoisotopic (exact) mass is 544 g/mol. The van der Waals surface area contributed by atoms with Crippen LogP contribution in [0.3, 0.4) is 0 Å². The van der Waals surface area contributed by atoms with Crippen LogP contribution in [-0.2, 0) is 24.2 Å². The summed E-state index contributed by atoms with van der Waals surface area (Å²) in [6.07, 6.45) is 1.79. The van der Waals surface area contributed by atoms with Crippen LogP contribution in [0.15, 0.2) is 66.7 Å². The minimum absolute atomic E-state index is 0.250. The molecule has 0 radical (unpaired) electrons. The molecule has 1 aliphatic rings. The van der Waals surface area contributed by atoms with Crippen LogP contribution in [0.25, 0.3) is 22.4 Å². The molecular weight excluding hydrogens is 504 g/mol. The number of aryl methyl sites for hydroxylation is 1. The number of rotatable bonds is 7. The summed E-state index contributed by atoms with van der Waals surface area (Å²) < 4.78 is 19.1. The Balaban J connectivity index is 0.000000827. The fourth-order valence-electron chi connectivity index (χ4n) is 4.99. The molecule has 0 bridgehead atoms. The van der Waals surface area contributed by atoms with Crippen molar-refractivity contribution in [2.24, 2.45) is 0 Å². The molecular formula is C33H40N2O5. The van der Waals surface area contributed by atoms with Crippen molar-refractivity contribution in [2.45, 2.75) is 33.2 Å². The first-order valence-electron chi connectivity index (χ1n) is 13.4. The van der Waals surface area contributed by atoms with Crippen LogP contribution in [0.5, 0.6) is 17.2 Å². The van der Waals surface area contributed by atoms with E-state index in [1.807, 2.05) is 26.0 Å². The highest BCUT2D eigenvalue weighted by molar-refractivity contribution is 5.80. The molecule has 0 amide bonds. The molecule has 1 aliphatic heterocycles. The SMILES string of the molecule is CC.COc1ccc(Cc2c(-c3cccc(N(C)C)c3)cc3n2CCc2cc(OC)c(OC)cc2-3)cc1.O=CO. The number of methoxy groups -OCH3 is 3. The van der Waals surface area contributed by atoms with Crippen LogP contribution in [0.4, 0.5) is 5.69 Å². The van der Waals surface area contributed by atoms with Gasteiger partial charge in [0.1, 0.15) is 5.75 Å². The number of fused-ring (bicyclic) bond motifs is 3. The van der Waals surface area contributed by atoms with Gasteiger partial charge in [-0.05, 0) is 65.6 Å². The van der Waals surface area contributed by atoms with Crippen molar-refractivity contribution in [3.05, 3.63) is 83.6 Å². The van der Waals surface area contributed by atoms with Gasteiger partial charge in [-0.3, -0.25) is 4.79 Å². The summed E-state index contributed by atoms with van der Waals surface area (Å²) in [4.78, 5) is 10.5. The summed E-state index contributed by atoms with van der Waals surface area (Å²) in [5.41, 5.74) is 9.98. The molecule has 7 nitrogen and oxygen atoms in total. The van der Waals surface area contributed by atoms with Crippen LogP contribution in [0.1, 0.15) is 30.7 Å². The summed E-state index contributed by atoms with van der Waals surface area (Å²) in [5, 5.41) is 6.89. The first kappa shape index (κ1) is 30.2. The topological polar surface area (TPSA) is 73.2 Å². The quantitative estimate of drug-likeness (QED) is 0.258. The highest BCUT2D eigenvalue weighted by Crippen LogP contribution is 2.43. The highest BCUT2D eigenvalue weighted by Gasteiger charge is 2.25. The van der Waals surface area contributed by atoms with Crippen molar-refractivity contribution in [2.75, 3.05) is 40.3 Å². The zero-order valence-electron chi connectivity index (χ0n) is 24.5. The van der Waals surface area contributed by atoms with Gasteiger partial charge in [-0.2, -0.15) is 0 Å². The fourth-order valence-corrected chi connectivity index (χ4v) is 4.99. The molecule has 0 fully saturated rings. The van der Waals surface area contributed by atoms with E-state index in [0.29, 0.717) is 0 Å². The lowest BCUT2D eigenvalue weighted by atomic mass is 9.97. The molecule has 0 saturated heterocycles. The van der Waals surface area contributed by atoms with Crippen molar-refractivity contribution < 1.29 is 24.1 Å². The molecule has 0 unspecified atom stereocenters. The van der Waals surface area contributed by atoms with Gasteiger partial charge >= 0.3 is 0 Å². The van der Waals surface area contributed by atoms with E-state index in [1.165, 1.54) is 44.9 Å². The predicted molar refractivity (Wildman–Crippen MR) is 162 cm³/mol. The maximum absolute atomic E-state index is 8.36. The number of nitrogens with zero attached hydrogens (tertiary/aromatic N) is 2. The van der Waals surface area contributed by atoms with Crippen LogP contribution in [0, 0.1) is 0 Å². The average molecular weight is 545 g/mol. The Bertz CT molecular complexity index is 1410. The zero-order chi connectivity index (χ0) is 29.2. The Hall–Kier alpha value is -4.39. The van der Waals surface area contributed by atoms with Gasteiger partial charge in [0.25, 0.3) is 6.47 Å². The minimum atomic E-state index is -0.250. The standard InChI is InChI=1S/C30H32N2O3.C2H6.CH2O2/c1-31(2)23-8-6-7-21(16-23)25-18-28-26-19-30(35-5)29(34-4)17-22(26)13-14-32(28)27(25)15-20-9-11-24(33-3)12-10-20;1-2;2-1-3/h6-12,16-19H,13-15H2,1-5H3;1-2H3;1H,(H,2,3). The maximum Gasteiger partial charge on any atom is 0.290 e. The molecule has 4 aromatic rings. The number of hydrogen-bond donors (Lipinski definition) is 1. The van der Waals surface area contributed by atoms with Gasteiger partial charge in [-0.1, -0.05) is 38.1 Å². The molecule has 7 heteroatoms. The number of carboxylic acid groups (broad SMARTS) is 1. The molecule has 212 valence electrons. The number of anilines is 1. The lowest BCUT2D eigenvalue weighted by Gasteiger charge is -2.23. The zero-order valence-corrected chi connectivity index (χ0v) is 24.5. The van der Waals surface area contributed by atoms with Crippen molar-refractivity contribution >= 4 is 12.2 Å². The normalized spacial score (nSPS) is 11.0. The van der Waals surface area contributed by atoms with Gasteiger partial charge in [0, 0.05) is 55.3 Å². The van der Waals surface area contributed by atoms with Crippen molar-refractivity contribution in [1.82, 2.24) is 4.57 Å². The van der Waals surface area contributed by atoms with Crippen LogP contribution >= 0.6 is 0 Å². The largest absolute Gasteiger partial charge is 0.497 e. The Labute approximate surface area is 237 Å². The fraction of sp³-hybridized carbons (Fsp3) is 0.303. The number of carbonyl (C=O) groups is 1. The predicted octanol–water partition coefficient (Wildman–Crippen LogP) is 6.79. The van der Waals surface area contributed by atoms with E-state index in [1.54, 1.807) is 21.3 Å². The summed E-state index contributed by atoms with van der Waals surface area (Å²) in [5.74, 6) is 2.41. The van der Waals surface area contributed by atoms with Gasteiger partial charge in [-0.15, -0.1) is 0 Å². The third-order valence-electron chi connectivity index (χ3n) is 6.90. The maximum atomic E-state index is 8.36. The second kappa shape index (κ2) is 14.1. The Morgan fingerprint density at radius 2 is 1.52 bits per heavy atom. The molecule has 0 spiro atoms. The van der Waals surface area contributed by atoms with Crippen LogP contribution < -0.4 is 19.1 Å². The number of aromatic nitrogens is 1. The van der Waals surface area contributed by atoms with Crippen LogP contribution in [0.2, 0.25) is 0 Å². The second-order valence-corrected chi connectivity index (χ2v) is 9.23. The third-order valence-corrected chi connectivity index (χ3v) is 6.90. The van der Waals surface area contributed by atoms with E-state index in [4.69, 9.17) is 24.1 Å². The Morgan fingerprint density at radius 3 is 2.12 bits per heavy atom. The summed E-state index contributed by atoms with van der Waals surface area (Å²) in [7, 11) is 9.25. The van der Waals surface area contributed by atoms with Gasteiger partial charge in [0.2, 0.25) is 0 Å². The number of hydrogen-bond acceptors (Lipinski definition) is 5. The third kappa shape index (κ3) is 6.42. The lowest BCUT2D eigenvalue weighted by molar-refractivity contribution is -0.122. The van der Waals surface area contributed by atoms with Gasteiger partial charge in [0.05, 0.1) is 21.3 Å². The average Bonchev–Trinajstić information content (AvgIpc) is 3.36. The summed E-state index contributed by atoms with van der Waals surface area (Å²) >= 11 is 0. The molecule has 5 rings (SSSR count). The molecule has 0 aliphatic carbocycles. The van der Waals surface area contributed by atoms with Gasteiger partial charge in [0.15, 0.2) is 11.5 Å². The minimum Gasteiger partial charge on any atom is -0.497 e. The molecule has 40 heavy (non-hydrogen) atoms. The lowest BCUT2D eigenvalue weighted by Crippen LogP contribution is -2.14. The Morgan fingerprint density at radius 1 is 0.875 bits per heavy atom. The van der Waals surface area contributed by atoms with Crippen molar-refractivity contribution in [3.63, 3.8) is 0 Å². The van der Waals surface area contributed by atoms with Crippen molar-refractivity contribution in [1.29, 1.82) is 0 Å². The van der Waals surface area contributed by atoms with Gasteiger partial charge in [-0.25, -0.2) is 0 Å². The van der Waals surface area contributed by atoms with E-state index < -0.39 is 0 Å².